The number of hydrogen-bond acceptors (Lipinski definition) is 2. The summed E-state index contributed by atoms with van der Waals surface area (Å²) in [5.74, 6) is 0.448. The molecule has 1 N–H and O–H groups in total. The van der Waals surface area contributed by atoms with Crippen molar-refractivity contribution in [3.8, 4) is 5.75 Å². The number of halogens is 1. The quantitative estimate of drug-likeness (QED) is 0.839. The molecule has 0 heterocycles. The molecule has 0 saturated heterocycles. The molecule has 0 aliphatic rings. The molecule has 0 radical (unpaired) electrons. The fourth-order valence-corrected chi connectivity index (χ4v) is 2.74. The van der Waals surface area contributed by atoms with Crippen molar-refractivity contribution in [3.63, 3.8) is 0 Å². The molecule has 2 aromatic rings. The molecule has 0 unspecified atom stereocenters. The monoisotopic (exact) mass is 331 g/mol. The molecule has 0 saturated carbocycles. The molecule has 122 valence electrons. The highest BCUT2D eigenvalue weighted by molar-refractivity contribution is 6.30. The van der Waals surface area contributed by atoms with Crippen LogP contribution in [0.2, 0.25) is 5.02 Å². The first-order valence-corrected chi connectivity index (χ1v) is 8.12. The third kappa shape index (κ3) is 5.00. The van der Waals surface area contributed by atoms with Gasteiger partial charge in [0.1, 0.15) is 5.75 Å². The summed E-state index contributed by atoms with van der Waals surface area (Å²) in [4.78, 5) is 12.2. The zero-order chi connectivity index (χ0) is 16.8. The van der Waals surface area contributed by atoms with Crippen LogP contribution in [0.15, 0.2) is 42.5 Å². The lowest BCUT2D eigenvalue weighted by Crippen LogP contribution is -2.32. The van der Waals surface area contributed by atoms with Crippen LogP contribution in [0.1, 0.15) is 36.1 Å². The molecule has 23 heavy (non-hydrogen) atoms. The molecular formula is C19H22ClNO2. The minimum Gasteiger partial charge on any atom is -0.484 e. The van der Waals surface area contributed by atoms with E-state index in [1.165, 1.54) is 11.1 Å². The third-order valence-corrected chi connectivity index (χ3v) is 3.95. The van der Waals surface area contributed by atoms with Crippen LogP contribution in [0.25, 0.3) is 0 Å². The van der Waals surface area contributed by atoms with Crippen molar-refractivity contribution >= 4 is 17.5 Å². The van der Waals surface area contributed by atoms with E-state index in [0.717, 1.165) is 12.0 Å². The van der Waals surface area contributed by atoms with Crippen molar-refractivity contribution in [1.82, 2.24) is 5.32 Å². The zero-order valence-electron chi connectivity index (χ0n) is 13.7. The van der Waals surface area contributed by atoms with E-state index in [0.29, 0.717) is 10.8 Å². The molecule has 1 atom stereocenters. The number of ether oxygens (including phenoxy) is 1. The summed E-state index contributed by atoms with van der Waals surface area (Å²) in [6.07, 6.45) is 0.826. The maximum atomic E-state index is 12.2. The fourth-order valence-electron chi connectivity index (χ4n) is 2.56. The van der Waals surface area contributed by atoms with E-state index in [1.807, 2.05) is 0 Å². The number of aryl methyl sites for hydroxylation is 2. The Morgan fingerprint density at radius 1 is 1.22 bits per heavy atom. The standard InChI is InChI=1S/C19H22ClNO2/c1-4-18(17-9-8-13(2)10-14(17)3)21-19(22)12-23-16-7-5-6-15(20)11-16/h5-11,18H,4,12H2,1-3H3,(H,21,22)/t18-/m1/s1. The molecular weight excluding hydrogens is 310 g/mol. The van der Waals surface area contributed by atoms with E-state index in [1.54, 1.807) is 24.3 Å². The Morgan fingerprint density at radius 3 is 2.65 bits per heavy atom. The van der Waals surface area contributed by atoms with E-state index in [-0.39, 0.29) is 18.6 Å². The van der Waals surface area contributed by atoms with Crippen molar-refractivity contribution in [3.05, 3.63) is 64.2 Å². The first-order chi connectivity index (χ1) is 11.0. The minimum absolute atomic E-state index is 0.00828. The molecule has 0 aliphatic heterocycles. The van der Waals surface area contributed by atoms with Crippen molar-refractivity contribution < 1.29 is 9.53 Å². The molecule has 4 heteroatoms. The Labute approximate surface area is 142 Å². The average molecular weight is 332 g/mol. The Kier molecular flexibility index (Phi) is 6.05. The van der Waals surface area contributed by atoms with Gasteiger partial charge in [-0.1, -0.05) is 48.4 Å². The molecule has 0 aromatic heterocycles. The van der Waals surface area contributed by atoms with Gasteiger partial charge in [-0.25, -0.2) is 0 Å². The number of nitrogens with one attached hydrogen (secondary N) is 1. The van der Waals surface area contributed by atoms with Gasteiger partial charge in [-0.15, -0.1) is 0 Å². The first kappa shape index (κ1) is 17.4. The van der Waals surface area contributed by atoms with Gasteiger partial charge in [-0.3, -0.25) is 4.79 Å². The first-order valence-electron chi connectivity index (χ1n) is 7.74. The van der Waals surface area contributed by atoms with Gasteiger partial charge in [0.15, 0.2) is 6.61 Å². The second-order valence-electron chi connectivity index (χ2n) is 5.63. The summed E-state index contributed by atoms with van der Waals surface area (Å²) < 4.78 is 5.48. The second-order valence-corrected chi connectivity index (χ2v) is 6.07. The van der Waals surface area contributed by atoms with Crippen LogP contribution in [-0.2, 0) is 4.79 Å². The van der Waals surface area contributed by atoms with Gasteiger partial charge < -0.3 is 10.1 Å². The fraction of sp³-hybridized carbons (Fsp3) is 0.316. The van der Waals surface area contributed by atoms with E-state index in [9.17, 15) is 4.79 Å². The van der Waals surface area contributed by atoms with Crippen LogP contribution >= 0.6 is 11.6 Å². The number of carbonyl (C=O) groups excluding carboxylic acids is 1. The Bertz CT molecular complexity index is 685. The Hall–Kier alpha value is -2.00. The van der Waals surface area contributed by atoms with Crippen LogP contribution in [0.4, 0.5) is 0 Å². The predicted octanol–water partition coefficient (Wildman–Crippen LogP) is 4.60. The van der Waals surface area contributed by atoms with Crippen LogP contribution in [0, 0.1) is 13.8 Å². The number of rotatable bonds is 6. The van der Waals surface area contributed by atoms with Crippen LogP contribution < -0.4 is 10.1 Å². The lowest BCUT2D eigenvalue weighted by atomic mass is 9.97. The van der Waals surface area contributed by atoms with Gasteiger partial charge in [0, 0.05) is 5.02 Å². The van der Waals surface area contributed by atoms with Crippen LogP contribution in [0.3, 0.4) is 0 Å². The van der Waals surface area contributed by atoms with Crippen molar-refractivity contribution in [2.24, 2.45) is 0 Å². The summed E-state index contributed by atoms with van der Waals surface area (Å²) in [6.45, 7) is 6.17. The van der Waals surface area contributed by atoms with Crippen LogP contribution in [-0.4, -0.2) is 12.5 Å². The van der Waals surface area contributed by atoms with E-state index in [4.69, 9.17) is 16.3 Å². The second kappa shape index (κ2) is 8.02. The highest BCUT2D eigenvalue weighted by Crippen LogP contribution is 2.22. The zero-order valence-corrected chi connectivity index (χ0v) is 14.5. The molecule has 3 nitrogen and oxygen atoms in total. The largest absolute Gasteiger partial charge is 0.484 e. The molecule has 0 spiro atoms. The number of benzene rings is 2. The SMILES string of the molecule is CC[C@@H](NC(=O)COc1cccc(Cl)c1)c1ccc(C)cc1C. The molecule has 0 bridgehead atoms. The molecule has 0 fully saturated rings. The Morgan fingerprint density at radius 2 is 2.00 bits per heavy atom. The predicted molar refractivity (Wildman–Crippen MR) is 94.0 cm³/mol. The number of carbonyl (C=O) groups is 1. The normalized spacial score (nSPS) is 11.8. The summed E-state index contributed by atoms with van der Waals surface area (Å²) in [5.41, 5.74) is 3.55. The molecule has 0 aliphatic carbocycles. The highest BCUT2D eigenvalue weighted by Gasteiger charge is 2.15. The lowest BCUT2D eigenvalue weighted by Gasteiger charge is -2.20. The van der Waals surface area contributed by atoms with E-state index < -0.39 is 0 Å². The van der Waals surface area contributed by atoms with Gasteiger partial charge in [0.25, 0.3) is 5.91 Å². The smallest absolute Gasteiger partial charge is 0.258 e. The molecule has 1 amide bonds. The summed E-state index contributed by atoms with van der Waals surface area (Å²) >= 11 is 5.90. The third-order valence-electron chi connectivity index (χ3n) is 3.71. The summed E-state index contributed by atoms with van der Waals surface area (Å²) in [6, 6.07) is 13.3. The van der Waals surface area contributed by atoms with Crippen LogP contribution in [0.5, 0.6) is 5.75 Å². The van der Waals surface area contributed by atoms with Crippen molar-refractivity contribution in [1.29, 1.82) is 0 Å². The maximum Gasteiger partial charge on any atom is 0.258 e. The van der Waals surface area contributed by atoms with Gasteiger partial charge in [-0.05, 0) is 49.6 Å². The van der Waals surface area contributed by atoms with Gasteiger partial charge >= 0.3 is 0 Å². The summed E-state index contributed by atoms with van der Waals surface area (Å²) in [7, 11) is 0. The van der Waals surface area contributed by atoms with E-state index in [2.05, 4.69) is 44.3 Å². The number of hydrogen-bond donors (Lipinski definition) is 1. The van der Waals surface area contributed by atoms with Gasteiger partial charge in [-0.2, -0.15) is 0 Å². The average Bonchev–Trinajstić information content (AvgIpc) is 2.51. The number of amides is 1. The van der Waals surface area contributed by atoms with Gasteiger partial charge in [0.05, 0.1) is 6.04 Å². The topological polar surface area (TPSA) is 38.3 Å². The van der Waals surface area contributed by atoms with E-state index >= 15 is 0 Å². The summed E-state index contributed by atoms with van der Waals surface area (Å²) in [5, 5.41) is 3.62. The van der Waals surface area contributed by atoms with Gasteiger partial charge in [0.2, 0.25) is 0 Å². The Balaban J connectivity index is 1.97. The highest BCUT2D eigenvalue weighted by atomic mass is 35.5. The molecule has 2 rings (SSSR count). The van der Waals surface area contributed by atoms with Crippen molar-refractivity contribution in [2.45, 2.75) is 33.2 Å². The molecule has 2 aromatic carbocycles. The minimum atomic E-state index is -0.142. The van der Waals surface area contributed by atoms with Crippen molar-refractivity contribution in [2.75, 3.05) is 6.61 Å². The maximum absolute atomic E-state index is 12.2. The lowest BCUT2D eigenvalue weighted by molar-refractivity contribution is -0.123.